The third-order valence-electron chi connectivity index (χ3n) is 5.15. The summed E-state index contributed by atoms with van der Waals surface area (Å²) in [5.41, 5.74) is 0.762. The fraction of sp³-hybridized carbons (Fsp3) is 0.409. The van der Waals surface area contributed by atoms with Crippen molar-refractivity contribution in [3.05, 3.63) is 49.9 Å². The van der Waals surface area contributed by atoms with E-state index in [1.807, 2.05) is 0 Å². The summed E-state index contributed by atoms with van der Waals surface area (Å²) >= 11 is 1.32. The van der Waals surface area contributed by atoms with Crippen molar-refractivity contribution in [2.75, 3.05) is 19.0 Å². The molecule has 0 aliphatic heterocycles. The number of ether oxygens (including phenoxy) is 3. The summed E-state index contributed by atoms with van der Waals surface area (Å²) in [5.74, 6) is -2.03. The van der Waals surface area contributed by atoms with Gasteiger partial charge in [-0.05, 0) is 57.2 Å². The Bertz CT molecular complexity index is 1090. The van der Waals surface area contributed by atoms with Gasteiger partial charge in [0.2, 0.25) is 0 Å². The summed E-state index contributed by atoms with van der Waals surface area (Å²) in [5, 5.41) is 14.2. The summed E-state index contributed by atoms with van der Waals surface area (Å²) < 4.78 is 15.3. The monoisotopic (exact) mass is 476 g/mol. The van der Waals surface area contributed by atoms with Gasteiger partial charge in [0.15, 0.2) is 11.9 Å². The third kappa shape index (κ3) is 5.30. The second-order valence-electron chi connectivity index (χ2n) is 7.32. The molecule has 1 aliphatic rings. The number of methoxy groups -OCH3 is 1. The molecule has 0 bridgehead atoms. The highest BCUT2D eigenvalue weighted by molar-refractivity contribution is 7.17. The van der Waals surface area contributed by atoms with E-state index in [9.17, 15) is 24.5 Å². The maximum atomic E-state index is 12.7. The Morgan fingerprint density at radius 3 is 2.61 bits per heavy atom. The number of nitrogens with one attached hydrogen (secondary N) is 1. The molecule has 1 amide bonds. The van der Waals surface area contributed by atoms with Crippen molar-refractivity contribution in [2.45, 2.75) is 45.6 Å². The Kier molecular flexibility index (Phi) is 7.64. The molecule has 3 rings (SSSR count). The van der Waals surface area contributed by atoms with Crippen LogP contribution in [0.3, 0.4) is 0 Å². The first-order valence-corrected chi connectivity index (χ1v) is 11.2. The number of nitro benzene ring substituents is 1. The molecule has 1 aliphatic carbocycles. The minimum Gasteiger partial charge on any atom is -0.490 e. The fourth-order valence-corrected chi connectivity index (χ4v) is 4.81. The molecule has 2 aromatic rings. The molecule has 1 aromatic carbocycles. The van der Waals surface area contributed by atoms with Gasteiger partial charge >= 0.3 is 17.6 Å². The largest absolute Gasteiger partial charge is 0.490 e. The quantitative estimate of drug-likeness (QED) is 0.344. The van der Waals surface area contributed by atoms with E-state index in [2.05, 4.69) is 5.32 Å². The van der Waals surface area contributed by atoms with Gasteiger partial charge in [0.25, 0.3) is 5.91 Å². The first-order valence-electron chi connectivity index (χ1n) is 10.4. The van der Waals surface area contributed by atoms with Gasteiger partial charge in [-0.1, -0.05) is 0 Å². The zero-order chi connectivity index (χ0) is 24.1. The minimum atomic E-state index is -1.21. The molecule has 0 saturated heterocycles. The van der Waals surface area contributed by atoms with Gasteiger partial charge in [0, 0.05) is 10.9 Å². The van der Waals surface area contributed by atoms with Crippen LogP contribution in [0.25, 0.3) is 0 Å². The molecule has 10 nitrogen and oxygen atoms in total. The van der Waals surface area contributed by atoms with Gasteiger partial charge in [-0.15, -0.1) is 11.3 Å². The van der Waals surface area contributed by atoms with Crippen LogP contribution in [0.5, 0.6) is 5.75 Å². The summed E-state index contributed by atoms with van der Waals surface area (Å²) in [6, 6.07) is 3.62. The Hall–Kier alpha value is -3.47. The van der Waals surface area contributed by atoms with Crippen molar-refractivity contribution in [1.82, 2.24) is 0 Å². The SMILES string of the molecule is CCOC(=O)c1c(NC(=O)[C@@H](C)OC(=O)c2ccc(OC)c([N+](=O)[O-])c2)sc2c1CCCC2. The molecule has 33 heavy (non-hydrogen) atoms. The van der Waals surface area contributed by atoms with Crippen molar-refractivity contribution in [1.29, 1.82) is 0 Å². The number of nitro groups is 1. The van der Waals surface area contributed by atoms with Crippen molar-refractivity contribution in [3.8, 4) is 5.75 Å². The number of hydrogen-bond donors (Lipinski definition) is 1. The van der Waals surface area contributed by atoms with E-state index in [0.29, 0.717) is 10.6 Å². The molecular weight excluding hydrogens is 452 g/mol. The van der Waals surface area contributed by atoms with E-state index in [1.54, 1.807) is 6.92 Å². The van der Waals surface area contributed by atoms with Crippen molar-refractivity contribution in [2.24, 2.45) is 0 Å². The lowest BCUT2D eigenvalue weighted by Gasteiger charge is -2.14. The van der Waals surface area contributed by atoms with Crippen molar-refractivity contribution >= 4 is 39.9 Å². The molecule has 1 aromatic heterocycles. The smallest absolute Gasteiger partial charge is 0.341 e. The molecule has 1 atom stereocenters. The molecule has 11 heteroatoms. The van der Waals surface area contributed by atoms with Gasteiger partial charge in [-0.2, -0.15) is 0 Å². The van der Waals surface area contributed by atoms with Crippen LogP contribution in [0.2, 0.25) is 0 Å². The summed E-state index contributed by atoms with van der Waals surface area (Å²) in [4.78, 5) is 49.3. The number of carbonyl (C=O) groups excluding carboxylic acids is 3. The molecule has 0 unspecified atom stereocenters. The van der Waals surface area contributed by atoms with Gasteiger partial charge in [0.05, 0.1) is 29.8 Å². The van der Waals surface area contributed by atoms with Crippen LogP contribution in [-0.2, 0) is 27.1 Å². The number of amides is 1. The molecule has 0 fully saturated rings. The van der Waals surface area contributed by atoms with E-state index in [-0.39, 0.29) is 17.9 Å². The molecule has 0 saturated carbocycles. The number of anilines is 1. The second kappa shape index (κ2) is 10.4. The normalized spacial score (nSPS) is 13.4. The number of nitrogens with zero attached hydrogens (tertiary/aromatic N) is 1. The lowest BCUT2D eigenvalue weighted by molar-refractivity contribution is -0.385. The van der Waals surface area contributed by atoms with E-state index >= 15 is 0 Å². The number of rotatable bonds is 8. The number of carbonyl (C=O) groups is 3. The number of benzene rings is 1. The van der Waals surface area contributed by atoms with Crippen LogP contribution in [0.4, 0.5) is 10.7 Å². The van der Waals surface area contributed by atoms with Crippen molar-refractivity contribution in [3.63, 3.8) is 0 Å². The zero-order valence-electron chi connectivity index (χ0n) is 18.5. The summed E-state index contributed by atoms with van der Waals surface area (Å²) in [7, 11) is 1.28. The second-order valence-corrected chi connectivity index (χ2v) is 8.42. The zero-order valence-corrected chi connectivity index (χ0v) is 19.3. The highest BCUT2D eigenvalue weighted by atomic mass is 32.1. The lowest BCUT2D eigenvalue weighted by Crippen LogP contribution is -2.30. The highest BCUT2D eigenvalue weighted by Gasteiger charge is 2.29. The molecule has 0 spiro atoms. The van der Waals surface area contributed by atoms with Crippen LogP contribution < -0.4 is 10.1 Å². The van der Waals surface area contributed by atoms with E-state index in [4.69, 9.17) is 14.2 Å². The summed E-state index contributed by atoms with van der Waals surface area (Å²) in [6.45, 7) is 3.29. The first-order chi connectivity index (χ1) is 15.8. The van der Waals surface area contributed by atoms with Crippen LogP contribution >= 0.6 is 11.3 Å². The number of thiophene rings is 1. The number of fused-ring (bicyclic) bond motifs is 1. The number of aryl methyl sites for hydroxylation is 1. The van der Waals surface area contributed by atoms with Crippen LogP contribution in [0.1, 0.15) is 57.8 Å². The summed E-state index contributed by atoms with van der Waals surface area (Å²) in [6.07, 6.45) is 2.30. The Morgan fingerprint density at radius 1 is 1.21 bits per heavy atom. The van der Waals surface area contributed by atoms with E-state index < -0.39 is 34.6 Å². The van der Waals surface area contributed by atoms with Gasteiger partial charge in [-0.25, -0.2) is 9.59 Å². The predicted octanol–water partition coefficient (Wildman–Crippen LogP) is 3.90. The average Bonchev–Trinajstić information content (AvgIpc) is 3.16. The molecule has 1 N–H and O–H groups in total. The van der Waals surface area contributed by atoms with Crippen LogP contribution in [0, 0.1) is 10.1 Å². The molecule has 1 heterocycles. The molecule has 176 valence electrons. The third-order valence-corrected chi connectivity index (χ3v) is 6.36. The predicted molar refractivity (Wildman–Crippen MR) is 120 cm³/mol. The standard InChI is InChI=1S/C22H24N2O8S/c1-4-31-22(27)18-14-7-5-6-8-17(14)33-20(18)23-19(25)12(2)32-21(26)13-9-10-16(30-3)15(11-13)24(28)29/h9-12H,4-8H2,1-3H3,(H,23,25)/t12-/m1/s1. The Balaban J connectivity index is 1.76. The van der Waals surface area contributed by atoms with Crippen LogP contribution in [0.15, 0.2) is 18.2 Å². The van der Waals surface area contributed by atoms with Crippen molar-refractivity contribution < 1.29 is 33.5 Å². The van der Waals surface area contributed by atoms with E-state index in [0.717, 1.165) is 42.2 Å². The first kappa shape index (κ1) is 24.2. The average molecular weight is 477 g/mol. The van der Waals surface area contributed by atoms with Gasteiger partial charge in [-0.3, -0.25) is 14.9 Å². The molecule has 0 radical (unpaired) electrons. The Labute approximate surface area is 194 Å². The van der Waals surface area contributed by atoms with E-state index in [1.165, 1.54) is 37.5 Å². The lowest BCUT2D eigenvalue weighted by atomic mass is 9.95. The maximum absolute atomic E-state index is 12.7. The minimum absolute atomic E-state index is 0.00417. The number of esters is 2. The highest BCUT2D eigenvalue weighted by Crippen LogP contribution is 2.38. The van der Waals surface area contributed by atoms with Gasteiger partial charge in [0.1, 0.15) is 5.00 Å². The molecular formula is C22H24N2O8S. The maximum Gasteiger partial charge on any atom is 0.341 e. The van der Waals surface area contributed by atoms with Crippen LogP contribution in [-0.4, -0.2) is 42.6 Å². The Morgan fingerprint density at radius 2 is 1.94 bits per heavy atom. The fourth-order valence-electron chi connectivity index (χ4n) is 3.53. The number of hydrogen-bond acceptors (Lipinski definition) is 9. The van der Waals surface area contributed by atoms with Gasteiger partial charge < -0.3 is 19.5 Å². The topological polar surface area (TPSA) is 134 Å².